The summed E-state index contributed by atoms with van der Waals surface area (Å²) >= 11 is 0. The van der Waals surface area contributed by atoms with Crippen LogP contribution in [0, 0.1) is 23.0 Å². The summed E-state index contributed by atoms with van der Waals surface area (Å²) in [5, 5.41) is 14.3. The average molecular weight is 716 g/mol. The number of aromatic amines is 1. The van der Waals surface area contributed by atoms with Crippen LogP contribution in [0.5, 0.6) is 11.5 Å². The summed E-state index contributed by atoms with van der Waals surface area (Å²) in [5.41, 5.74) is -5.33. The number of nitrogens with one attached hydrogen (secondary N) is 1. The smallest absolute Gasteiger partial charge is 0.306 e. The molecule has 0 aliphatic carbocycles. The average Bonchev–Trinajstić information content (AvgIpc) is 3.74. The van der Waals surface area contributed by atoms with Gasteiger partial charge in [0.25, 0.3) is 0 Å². The fraction of sp³-hybridized carbons (Fsp3) is 0.378. The molecule has 2 atom stereocenters. The third-order valence-electron chi connectivity index (χ3n) is 8.59. The Morgan fingerprint density at radius 3 is 2.70 bits per heavy atom. The fourth-order valence-electron chi connectivity index (χ4n) is 6.05. The van der Waals surface area contributed by atoms with Crippen molar-refractivity contribution in [3.05, 3.63) is 94.9 Å². The number of fused-ring (bicyclic) bond motifs is 8. The normalized spacial score (nSPS) is 23.3. The molecule has 10 nitrogen and oxygen atoms in total. The Balaban J connectivity index is 1.64. The molecular formula is C37H40F2N4O6S. The second-order valence-corrected chi connectivity index (χ2v) is 14.9. The molecule has 2 N–H and O–H groups in total. The number of carboxylic acid groups (broad SMARTS) is 1. The second-order valence-electron chi connectivity index (χ2n) is 12.7. The van der Waals surface area contributed by atoms with Crippen LogP contribution in [0.15, 0.2) is 60.8 Å². The molecule has 6 rings (SSSR count). The van der Waals surface area contributed by atoms with Gasteiger partial charge in [0.05, 0.1) is 41.6 Å². The highest BCUT2D eigenvalue weighted by Gasteiger charge is 2.37. The van der Waals surface area contributed by atoms with Gasteiger partial charge in [0.2, 0.25) is 0 Å². The maximum Gasteiger partial charge on any atom is 0.306 e. The standard InChI is InChI=1S/C37H40F2N4O6S/c1-22(34(44)45)15-23-7-6-8-24(16-23)37(4)20-48-19-36(2,3)21-50(46,47)14-12-27-26-11-13-40-31(26)18-30(39)32(27)49-25-9-10-29(38)28(17-25)33-41-35(37)42-43(33)5/h6-11,13,16-18,22,40H,12,14-15,19-21H2,1-5H3,(H,44,45)/i2D3,3D3,4D3. The third-order valence-corrected chi connectivity index (χ3v) is 10.3. The number of hydrogen-bond donors (Lipinski definition) is 2. The molecule has 13 heteroatoms. The number of H-pyrrole nitrogens is 1. The van der Waals surface area contributed by atoms with Crippen molar-refractivity contribution in [3.63, 3.8) is 0 Å². The van der Waals surface area contributed by atoms with Crippen LogP contribution in [0.2, 0.25) is 0 Å². The first-order valence-electron chi connectivity index (χ1n) is 20.1. The predicted octanol–water partition coefficient (Wildman–Crippen LogP) is 6.62. The van der Waals surface area contributed by atoms with Crippen molar-refractivity contribution in [1.29, 1.82) is 0 Å². The van der Waals surface area contributed by atoms with Gasteiger partial charge in [0, 0.05) is 53.5 Å². The lowest BCUT2D eigenvalue weighted by atomic mass is 9.81. The van der Waals surface area contributed by atoms with Crippen LogP contribution in [0.25, 0.3) is 22.3 Å². The number of aryl methyl sites for hydroxylation is 2. The molecule has 0 amide bonds. The molecule has 0 spiro atoms. The zero-order valence-electron chi connectivity index (χ0n) is 36.1. The summed E-state index contributed by atoms with van der Waals surface area (Å²) in [4.78, 5) is 19.1. The van der Waals surface area contributed by atoms with Crippen LogP contribution in [0.1, 0.15) is 62.3 Å². The van der Waals surface area contributed by atoms with Crippen molar-refractivity contribution in [2.45, 2.75) is 45.7 Å². The van der Waals surface area contributed by atoms with Crippen molar-refractivity contribution in [3.8, 4) is 22.9 Å². The Bertz CT molecular complexity index is 2510. The van der Waals surface area contributed by atoms with Crippen LogP contribution in [-0.2, 0) is 44.7 Å². The number of benzene rings is 3. The van der Waals surface area contributed by atoms with E-state index in [-0.39, 0.29) is 40.2 Å². The first-order chi connectivity index (χ1) is 27.3. The van der Waals surface area contributed by atoms with E-state index in [4.69, 9.17) is 21.8 Å². The van der Waals surface area contributed by atoms with Gasteiger partial charge >= 0.3 is 5.97 Å². The van der Waals surface area contributed by atoms with E-state index in [0.29, 0.717) is 10.9 Å². The number of halogens is 2. The quantitative estimate of drug-likeness (QED) is 0.212. The van der Waals surface area contributed by atoms with Gasteiger partial charge in [-0.1, -0.05) is 44.9 Å². The molecule has 1 aliphatic rings. The van der Waals surface area contributed by atoms with E-state index in [0.717, 1.165) is 16.8 Å². The highest BCUT2D eigenvalue weighted by Crippen LogP contribution is 2.38. The van der Waals surface area contributed by atoms with Crippen molar-refractivity contribution in [2.24, 2.45) is 18.4 Å². The van der Waals surface area contributed by atoms with E-state index in [1.807, 2.05) is 0 Å². The number of hydrogen-bond acceptors (Lipinski definition) is 7. The molecule has 0 saturated carbocycles. The van der Waals surface area contributed by atoms with Crippen molar-refractivity contribution >= 4 is 26.7 Å². The van der Waals surface area contributed by atoms with Crippen LogP contribution < -0.4 is 4.74 Å². The maximum atomic E-state index is 15.9. The molecule has 264 valence electrons. The van der Waals surface area contributed by atoms with Gasteiger partial charge in [0.15, 0.2) is 33.1 Å². The lowest BCUT2D eigenvalue weighted by Gasteiger charge is -2.31. The van der Waals surface area contributed by atoms with Gasteiger partial charge in [-0.15, -0.1) is 0 Å². The van der Waals surface area contributed by atoms with E-state index >= 15 is 8.78 Å². The van der Waals surface area contributed by atoms with Crippen molar-refractivity contribution in [1.82, 2.24) is 19.7 Å². The highest BCUT2D eigenvalue weighted by atomic mass is 32.2. The van der Waals surface area contributed by atoms with Gasteiger partial charge in [-0.2, -0.15) is 5.10 Å². The first-order valence-corrected chi connectivity index (χ1v) is 17.4. The number of ether oxygens (including phenoxy) is 2. The molecule has 2 aromatic heterocycles. The molecule has 5 aromatic rings. The number of aliphatic carboxylic acids is 1. The first kappa shape index (κ1) is 25.3. The second kappa shape index (κ2) is 13.3. The largest absolute Gasteiger partial charge is 0.481 e. The summed E-state index contributed by atoms with van der Waals surface area (Å²) in [6, 6.07) is 11.7. The molecule has 0 saturated heterocycles. The maximum absolute atomic E-state index is 15.9. The summed E-state index contributed by atoms with van der Waals surface area (Å²) < 4.78 is 150. The van der Waals surface area contributed by atoms with Gasteiger partial charge in [-0.25, -0.2) is 26.9 Å². The van der Waals surface area contributed by atoms with Crippen molar-refractivity contribution in [2.75, 3.05) is 24.7 Å². The third kappa shape index (κ3) is 7.15. The van der Waals surface area contributed by atoms with E-state index in [9.17, 15) is 18.3 Å². The monoisotopic (exact) mass is 715 g/mol. The van der Waals surface area contributed by atoms with Gasteiger partial charge in [0.1, 0.15) is 11.6 Å². The zero-order chi connectivity index (χ0) is 43.5. The van der Waals surface area contributed by atoms with E-state index < -0.39 is 107 Å². The van der Waals surface area contributed by atoms with Gasteiger partial charge < -0.3 is 19.6 Å². The predicted molar refractivity (Wildman–Crippen MR) is 185 cm³/mol. The molecule has 0 radical (unpaired) electrons. The molecule has 50 heavy (non-hydrogen) atoms. The molecule has 0 fully saturated rings. The zero-order valence-corrected chi connectivity index (χ0v) is 27.9. The highest BCUT2D eigenvalue weighted by molar-refractivity contribution is 7.91. The SMILES string of the molecule is [2H]C([2H])([2H])C1(c2cccc(CC(C)C(=O)O)c2)COCC(C([2H])([2H])[2H])(C([2H])([2H])[2H])CS(=O)(=O)CCc2c(c(F)cc3[nH]ccc23)Oc2ccc(F)c(c2)-c2nc1nn2C. The molecule has 3 heterocycles. The fourth-order valence-corrected chi connectivity index (χ4v) is 7.54. The lowest BCUT2D eigenvalue weighted by molar-refractivity contribution is -0.141. The van der Waals surface area contributed by atoms with E-state index in [1.165, 1.54) is 56.6 Å². The Kier molecular flexibility index (Phi) is 6.72. The number of rotatable bonds is 4. The van der Waals surface area contributed by atoms with Gasteiger partial charge in [-0.3, -0.25) is 4.79 Å². The minimum atomic E-state index is -4.70. The Labute approximate surface area is 302 Å². The lowest BCUT2D eigenvalue weighted by Crippen LogP contribution is -2.36. The molecule has 1 aliphatic heterocycles. The Morgan fingerprint density at radius 2 is 1.94 bits per heavy atom. The molecule has 4 bridgehead atoms. The Morgan fingerprint density at radius 1 is 1.12 bits per heavy atom. The molecular weight excluding hydrogens is 666 g/mol. The van der Waals surface area contributed by atoms with E-state index in [2.05, 4.69) is 15.1 Å². The molecule has 3 aromatic carbocycles. The number of sulfone groups is 1. The summed E-state index contributed by atoms with van der Waals surface area (Å²) in [6.45, 7) is -11.3. The number of carbonyl (C=O) groups is 1. The van der Waals surface area contributed by atoms with Crippen LogP contribution in [0.3, 0.4) is 0 Å². The topological polar surface area (TPSA) is 136 Å². The van der Waals surface area contributed by atoms with Crippen LogP contribution in [0.4, 0.5) is 8.78 Å². The van der Waals surface area contributed by atoms with Crippen LogP contribution in [-0.4, -0.2) is 64.0 Å². The van der Waals surface area contributed by atoms with Crippen LogP contribution >= 0.6 is 0 Å². The minimum absolute atomic E-state index is 0.0322. The number of aromatic nitrogens is 4. The van der Waals surface area contributed by atoms with E-state index in [1.54, 1.807) is 6.07 Å². The number of nitrogens with zero attached hydrogens (tertiary/aromatic N) is 3. The summed E-state index contributed by atoms with van der Waals surface area (Å²) in [5.74, 6) is -7.55. The summed E-state index contributed by atoms with van der Waals surface area (Å²) in [7, 11) is -3.36. The number of carboxylic acids is 1. The Hall–Kier alpha value is -4.62. The minimum Gasteiger partial charge on any atom is -0.481 e. The molecule has 2 unspecified atom stereocenters. The summed E-state index contributed by atoms with van der Waals surface area (Å²) in [6.07, 6.45) is 0.935. The van der Waals surface area contributed by atoms with Gasteiger partial charge in [-0.05, 0) is 55.1 Å². The van der Waals surface area contributed by atoms with Crippen molar-refractivity contribution < 1.29 is 48.9 Å².